The van der Waals surface area contributed by atoms with Crippen LogP contribution in [0, 0.1) is 6.92 Å². The molecule has 39 heavy (non-hydrogen) atoms. The fraction of sp³-hybridized carbons (Fsp3) is 0.154. The maximum atomic E-state index is 13.1. The molecule has 2 aromatic heterocycles. The number of benzene rings is 1. The number of aromatic nitrogens is 5. The third-order valence-electron chi connectivity index (χ3n) is 6.23. The molecule has 2 N–H and O–H groups in total. The molecule has 9 nitrogen and oxygen atoms in total. The quantitative estimate of drug-likeness (QED) is 0.322. The van der Waals surface area contributed by atoms with Crippen molar-refractivity contribution < 1.29 is 18.0 Å². The number of thiazole rings is 1. The largest absolute Gasteiger partial charge is 0.416 e. The molecule has 1 amide bonds. The molecule has 196 valence electrons. The van der Waals surface area contributed by atoms with Crippen LogP contribution in [0.2, 0.25) is 0 Å². The number of alkyl halides is 3. The van der Waals surface area contributed by atoms with Crippen molar-refractivity contribution in [2.75, 3.05) is 17.2 Å². The average molecular weight is 549 g/mol. The second-order valence-electron chi connectivity index (χ2n) is 8.80. The summed E-state index contributed by atoms with van der Waals surface area (Å²) >= 11 is 1.39. The van der Waals surface area contributed by atoms with Crippen LogP contribution in [0.1, 0.15) is 21.6 Å². The van der Waals surface area contributed by atoms with Crippen LogP contribution in [0.4, 0.5) is 29.7 Å². The van der Waals surface area contributed by atoms with Gasteiger partial charge in [0.05, 0.1) is 17.3 Å². The second-order valence-corrected chi connectivity index (χ2v) is 9.66. The first kappa shape index (κ1) is 24.7. The molecule has 0 saturated heterocycles. The van der Waals surface area contributed by atoms with Crippen LogP contribution in [-0.4, -0.2) is 37.0 Å². The number of hydrogen-bond acceptors (Lipinski definition) is 8. The minimum absolute atomic E-state index is 0.326. The number of pyridine rings is 2. The van der Waals surface area contributed by atoms with Gasteiger partial charge < -0.3 is 15.2 Å². The molecular weight excluding hydrogens is 529 g/mol. The van der Waals surface area contributed by atoms with Gasteiger partial charge in [0.25, 0.3) is 11.5 Å². The van der Waals surface area contributed by atoms with Crippen molar-refractivity contribution in [2.45, 2.75) is 19.6 Å². The maximum absolute atomic E-state index is 13.1. The van der Waals surface area contributed by atoms with E-state index < -0.39 is 17.6 Å². The number of fused-ring (bicyclic) bond motifs is 3. The van der Waals surface area contributed by atoms with Gasteiger partial charge >= 0.3 is 6.18 Å². The van der Waals surface area contributed by atoms with E-state index in [9.17, 15) is 18.0 Å². The first-order chi connectivity index (χ1) is 18.8. The summed E-state index contributed by atoms with van der Waals surface area (Å²) in [5, 5.41) is 6.80. The Hall–Kier alpha value is -4.65. The summed E-state index contributed by atoms with van der Waals surface area (Å²) in [5.74, 6) is 0.851. The van der Waals surface area contributed by atoms with Gasteiger partial charge in [-0.3, -0.25) is 14.8 Å². The van der Waals surface area contributed by atoms with Gasteiger partial charge in [0.2, 0.25) is 0 Å². The highest BCUT2D eigenvalue weighted by atomic mass is 32.1. The lowest BCUT2D eigenvalue weighted by Gasteiger charge is -2.19. The molecule has 0 spiro atoms. The lowest BCUT2D eigenvalue weighted by molar-refractivity contribution is -0.137. The number of nitrogens with zero attached hydrogens (tertiary/aromatic N) is 6. The second kappa shape index (κ2) is 9.58. The van der Waals surface area contributed by atoms with E-state index in [0.717, 1.165) is 52.2 Å². The van der Waals surface area contributed by atoms with E-state index in [0.29, 0.717) is 29.4 Å². The predicted molar refractivity (Wildman–Crippen MR) is 140 cm³/mol. The number of rotatable bonds is 4. The molecule has 3 aliphatic heterocycles. The Bertz CT molecular complexity index is 1750. The van der Waals surface area contributed by atoms with Gasteiger partial charge in [-0.2, -0.15) is 23.1 Å². The van der Waals surface area contributed by atoms with Gasteiger partial charge in [-0.15, -0.1) is 11.3 Å². The molecule has 3 aliphatic rings. The predicted octanol–water partition coefficient (Wildman–Crippen LogP) is 5.14. The van der Waals surface area contributed by atoms with Gasteiger partial charge in [0, 0.05) is 42.3 Å². The lowest BCUT2D eigenvalue weighted by atomic mass is 9.98. The summed E-state index contributed by atoms with van der Waals surface area (Å²) in [5.41, 5.74) is 4.65. The number of carbonyl (C=O) groups excluding carboxylic acids is 1. The Morgan fingerprint density at radius 3 is 2.79 bits per heavy atom. The number of nitrogens with one attached hydrogen (secondary N) is 2. The summed E-state index contributed by atoms with van der Waals surface area (Å²) in [4.78, 5) is 34.1. The minimum atomic E-state index is -4.57. The monoisotopic (exact) mass is 548 g/mol. The lowest BCUT2D eigenvalue weighted by Crippen LogP contribution is -2.17. The molecule has 3 aromatic rings. The van der Waals surface area contributed by atoms with Crippen LogP contribution in [-0.2, 0) is 12.7 Å². The summed E-state index contributed by atoms with van der Waals surface area (Å²) < 4.78 is 41.3. The zero-order valence-corrected chi connectivity index (χ0v) is 21.1. The third-order valence-corrected chi connectivity index (χ3v) is 6.89. The fourth-order valence-electron chi connectivity index (χ4n) is 4.40. The Morgan fingerprint density at radius 1 is 1.13 bits per heavy atom. The molecule has 0 radical (unpaired) electrons. The first-order valence-electron chi connectivity index (χ1n) is 11.8. The van der Waals surface area contributed by atoms with Crippen LogP contribution in [0.15, 0.2) is 65.5 Å². The molecule has 0 fully saturated rings. The topological polar surface area (TPSA) is 110 Å². The molecule has 1 aromatic carbocycles. The van der Waals surface area contributed by atoms with Gasteiger partial charge in [-0.25, -0.2) is 4.98 Å². The van der Waals surface area contributed by atoms with E-state index in [2.05, 4.69) is 40.1 Å². The van der Waals surface area contributed by atoms with Crippen molar-refractivity contribution in [2.24, 2.45) is 4.99 Å². The highest BCUT2D eigenvalue weighted by molar-refractivity contribution is 7.13. The Morgan fingerprint density at radius 2 is 2.00 bits per heavy atom. The van der Waals surface area contributed by atoms with Crippen molar-refractivity contribution in [3.8, 4) is 22.5 Å². The molecule has 0 atom stereocenters. The highest BCUT2D eigenvalue weighted by Gasteiger charge is 2.31. The van der Waals surface area contributed by atoms with Gasteiger partial charge in [-0.1, -0.05) is 6.07 Å². The molecule has 0 saturated carbocycles. The van der Waals surface area contributed by atoms with Crippen molar-refractivity contribution >= 4 is 33.8 Å². The van der Waals surface area contributed by atoms with Crippen molar-refractivity contribution in [1.29, 1.82) is 0 Å². The standard InChI is InChI=1S/C26H19F3N8OS/c1-14-2-3-17(34-24(38)20-9-16(4-5-31-20)26(27,28)29)10-18(14)19-8-15-11-33-25(35-21-12-30-13-39-21)36-22(15)37-7-6-32-23(19)37/h2-5,8-13,32H,6-7H2,1H3,(H,34,38). The summed E-state index contributed by atoms with van der Waals surface area (Å²) in [6.45, 7) is 3.33. The van der Waals surface area contributed by atoms with E-state index in [1.165, 1.54) is 11.3 Å². The number of anilines is 2. The number of hydrogen-bond donors (Lipinski definition) is 2. The van der Waals surface area contributed by atoms with Gasteiger partial charge in [0.15, 0.2) is 0 Å². The molecule has 0 unspecified atom stereocenters. The van der Waals surface area contributed by atoms with Crippen LogP contribution in [0.5, 0.6) is 0 Å². The molecule has 0 aliphatic carbocycles. The van der Waals surface area contributed by atoms with E-state index in [1.54, 1.807) is 30.0 Å². The molecule has 13 heteroatoms. The fourth-order valence-corrected chi connectivity index (χ4v) is 4.88. The zero-order valence-electron chi connectivity index (χ0n) is 20.3. The van der Waals surface area contributed by atoms with Crippen LogP contribution in [0.3, 0.4) is 0 Å². The third kappa shape index (κ3) is 4.83. The first-order valence-corrected chi connectivity index (χ1v) is 12.7. The van der Waals surface area contributed by atoms with E-state index in [4.69, 9.17) is 0 Å². The van der Waals surface area contributed by atoms with E-state index >= 15 is 0 Å². The number of amides is 1. The van der Waals surface area contributed by atoms with Crippen molar-refractivity contribution in [1.82, 2.24) is 24.5 Å². The maximum Gasteiger partial charge on any atom is 0.416 e. The number of carbonyl (C=O) groups is 1. The normalized spacial score (nSPS) is 13.4. The molecule has 0 bridgehead atoms. The number of halogens is 3. The van der Waals surface area contributed by atoms with Crippen molar-refractivity contribution in [3.05, 3.63) is 82.9 Å². The van der Waals surface area contributed by atoms with E-state index in [-0.39, 0.29) is 5.69 Å². The van der Waals surface area contributed by atoms with Gasteiger partial charge in [0.1, 0.15) is 22.3 Å². The zero-order chi connectivity index (χ0) is 27.1. The Kier molecular flexibility index (Phi) is 6.06. The van der Waals surface area contributed by atoms with Crippen LogP contribution < -0.4 is 16.3 Å². The summed E-state index contributed by atoms with van der Waals surface area (Å²) in [7, 11) is 0. The highest BCUT2D eigenvalue weighted by Crippen LogP contribution is 2.39. The van der Waals surface area contributed by atoms with E-state index in [1.807, 2.05) is 19.1 Å². The summed E-state index contributed by atoms with van der Waals surface area (Å²) in [6, 6.07) is 8.86. The number of aryl methyl sites for hydroxylation is 1. The van der Waals surface area contributed by atoms with Crippen LogP contribution >= 0.6 is 11.3 Å². The Labute approximate surface area is 223 Å². The smallest absolute Gasteiger partial charge is 0.369 e. The summed E-state index contributed by atoms with van der Waals surface area (Å²) in [6.07, 6.45) is -0.233. The molecule has 6 rings (SSSR count). The minimum Gasteiger partial charge on any atom is -0.369 e. The van der Waals surface area contributed by atoms with Crippen molar-refractivity contribution in [3.63, 3.8) is 0 Å². The van der Waals surface area contributed by atoms with Gasteiger partial charge in [-0.05, 0) is 48.4 Å². The Balaban J connectivity index is 1.38. The molecular formula is C26H19F3N8OS. The average Bonchev–Trinajstić information content (AvgIpc) is 3.62. The molecule has 5 heterocycles. The van der Waals surface area contributed by atoms with Crippen LogP contribution in [0.25, 0.3) is 22.5 Å². The SMILES string of the molecule is Cc1ccc(NC(=O)c2cc(C(F)(F)F)ccn2)cc1-c1cc2cnc(=Nc3cncs3)nc-2n2c1NCC2.